The Morgan fingerprint density at radius 1 is 0.970 bits per heavy atom. The Hall–Kier alpha value is -4.40. The second kappa shape index (κ2) is 11.3. The summed E-state index contributed by atoms with van der Waals surface area (Å²) in [6.45, 7) is 3.83. The number of aryl methyl sites for hydroxylation is 2. The van der Waals surface area contributed by atoms with Crippen LogP contribution in [-0.4, -0.2) is 30.5 Å². The van der Waals surface area contributed by atoms with E-state index in [-0.39, 0.29) is 19.1 Å². The summed E-state index contributed by atoms with van der Waals surface area (Å²) in [6, 6.07) is 15.9. The number of rotatable bonds is 8. The molecule has 0 radical (unpaired) electrons. The lowest BCUT2D eigenvalue weighted by Crippen LogP contribution is -2.37. The van der Waals surface area contributed by atoms with Gasteiger partial charge in [-0.2, -0.15) is 5.10 Å². The minimum Gasteiger partial charge on any atom is -0.484 e. The van der Waals surface area contributed by atoms with Crippen LogP contribution in [-0.2, 0) is 20.9 Å². The number of carbonyl (C=O) groups excluding carboxylic acids is 3. The van der Waals surface area contributed by atoms with Gasteiger partial charge in [0.2, 0.25) is 0 Å². The molecule has 3 aromatic rings. The predicted octanol–water partition coefficient (Wildman–Crippen LogP) is 2.68. The molecule has 170 valence electrons. The van der Waals surface area contributed by atoms with Gasteiger partial charge in [-0.3, -0.25) is 14.4 Å². The van der Waals surface area contributed by atoms with Crippen LogP contribution < -0.4 is 20.8 Å². The minimum absolute atomic E-state index is 0.104. The fourth-order valence-electron chi connectivity index (χ4n) is 2.86. The molecule has 3 amide bonds. The Morgan fingerprint density at radius 2 is 1.70 bits per heavy atom. The number of ether oxygens (including phenoxy) is 1. The molecule has 0 atom stereocenters. The van der Waals surface area contributed by atoms with Gasteiger partial charge in [-0.05, 0) is 66.9 Å². The molecule has 0 fully saturated rings. The normalized spacial score (nSPS) is 10.6. The lowest BCUT2D eigenvalue weighted by molar-refractivity contribution is -0.139. The highest BCUT2D eigenvalue weighted by Crippen LogP contribution is 2.19. The molecule has 1 heterocycles. The molecule has 0 aliphatic rings. The first-order valence-electron chi connectivity index (χ1n) is 10.1. The third-order valence-electron chi connectivity index (χ3n) is 4.58. The van der Waals surface area contributed by atoms with Crippen LogP contribution in [0.2, 0.25) is 0 Å². The number of nitrogens with one attached hydrogen (secondary N) is 3. The van der Waals surface area contributed by atoms with Gasteiger partial charge in [0.05, 0.1) is 19.0 Å². The molecule has 9 heteroatoms. The van der Waals surface area contributed by atoms with Gasteiger partial charge in [-0.15, -0.1) is 0 Å². The Balaban J connectivity index is 1.42. The van der Waals surface area contributed by atoms with Gasteiger partial charge in [0.25, 0.3) is 5.91 Å². The Bertz CT molecular complexity index is 1120. The van der Waals surface area contributed by atoms with Crippen molar-refractivity contribution < 1.29 is 23.5 Å². The van der Waals surface area contributed by atoms with Crippen LogP contribution in [0.3, 0.4) is 0 Å². The lowest BCUT2D eigenvalue weighted by Gasteiger charge is -2.12. The smallest absolute Gasteiger partial charge is 0.329 e. The van der Waals surface area contributed by atoms with E-state index in [1.165, 1.54) is 12.5 Å². The summed E-state index contributed by atoms with van der Waals surface area (Å²) in [5.41, 5.74) is 5.56. The highest BCUT2D eigenvalue weighted by Gasteiger charge is 2.12. The number of furan rings is 1. The number of amides is 3. The maximum atomic E-state index is 12.2. The quantitative estimate of drug-likeness (QED) is 0.278. The summed E-state index contributed by atoms with van der Waals surface area (Å²) in [6.07, 6.45) is 2.86. The largest absolute Gasteiger partial charge is 0.484 e. The van der Waals surface area contributed by atoms with Crippen molar-refractivity contribution in [2.75, 3.05) is 11.9 Å². The van der Waals surface area contributed by atoms with Crippen LogP contribution in [0.25, 0.3) is 0 Å². The number of carbonyl (C=O) groups is 3. The number of anilines is 1. The first-order chi connectivity index (χ1) is 15.9. The van der Waals surface area contributed by atoms with E-state index in [1.54, 1.807) is 36.4 Å². The molecule has 0 bridgehead atoms. The SMILES string of the molecule is Cc1cccc(C)c1NC(=O)COc1ccc(/C=N\NC(=O)C(=O)NCc2ccco2)cc1. The molecule has 3 N–H and O–H groups in total. The van der Waals surface area contributed by atoms with E-state index in [1.807, 2.05) is 32.0 Å². The first-order valence-corrected chi connectivity index (χ1v) is 10.1. The monoisotopic (exact) mass is 448 g/mol. The second-order valence-corrected chi connectivity index (χ2v) is 7.13. The molecule has 0 aliphatic carbocycles. The van der Waals surface area contributed by atoms with Gasteiger partial charge in [-0.25, -0.2) is 5.43 Å². The summed E-state index contributed by atoms with van der Waals surface area (Å²) < 4.78 is 10.6. The van der Waals surface area contributed by atoms with E-state index >= 15 is 0 Å². The molecular formula is C24H24N4O5. The lowest BCUT2D eigenvalue weighted by atomic mass is 10.1. The predicted molar refractivity (Wildman–Crippen MR) is 123 cm³/mol. The van der Waals surface area contributed by atoms with E-state index in [2.05, 4.69) is 21.2 Å². The van der Waals surface area contributed by atoms with E-state index in [0.29, 0.717) is 17.1 Å². The Labute approximate surface area is 190 Å². The van der Waals surface area contributed by atoms with Crippen molar-refractivity contribution in [2.45, 2.75) is 20.4 Å². The van der Waals surface area contributed by atoms with Crippen molar-refractivity contribution in [1.29, 1.82) is 0 Å². The van der Waals surface area contributed by atoms with E-state index in [0.717, 1.165) is 16.8 Å². The van der Waals surface area contributed by atoms with Crippen molar-refractivity contribution in [3.63, 3.8) is 0 Å². The van der Waals surface area contributed by atoms with Crippen LogP contribution in [0.5, 0.6) is 5.75 Å². The van der Waals surface area contributed by atoms with Crippen LogP contribution in [0.1, 0.15) is 22.5 Å². The Morgan fingerprint density at radius 3 is 2.36 bits per heavy atom. The van der Waals surface area contributed by atoms with Crippen LogP contribution in [0.4, 0.5) is 5.69 Å². The van der Waals surface area contributed by atoms with Gasteiger partial charge in [0.1, 0.15) is 11.5 Å². The van der Waals surface area contributed by atoms with E-state index < -0.39 is 11.8 Å². The standard InChI is InChI=1S/C24H24N4O5/c1-16-5-3-6-17(2)22(16)27-21(29)15-33-19-10-8-18(9-11-19)13-26-28-24(31)23(30)25-14-20-7-4-12-32-20/h3-13H,14-15H2,1-2H3,(H,25,30)(H,27,29)(H,28,31)/b26-13-. The van der Waals surface area contributed by atoms with Crippen molar-refractivity contribution in [2.24, 2.45) is 5.10 Å². The number of hydrogen-bond acceptors (Lipinski definition) is 6. The average molecular weight is 448 g/mol. The van der Waals surface area contributed by atoms with Crippen LogP contribution in [0, 0.1) is 13.8 Å². The zero-order valence-electron chi connectivity index (χ0n) is 18.3. The second-order valence-electron chi connectivity index (χ2n) is 7.13. The molecule has 0 saturated carbocycles. The highest BCUT2D eigenvalue weighted by atomic mass is 16.5. The van der Waals surface area contributed by atoms with Crippen molar-refractivity contribution in [3.05, 3.63) is 83.3 Å². The molecule has 0 saturated heterocycles. The van der Waals surface area contributed by atoms with Gasteiger partial charge in [0.15, 0.2) is 6.61 Å². The third-order valence-corrected chi connectivity index (χ3v) is 4.58. The number of benzene rings is 2. The molecule has 0 aliphatic heterocycles. The fourth-order valence-corrected chi connectivity index (χ4v) is 2.86. The van der Waals surface area contributed by atoms with Crippen molar-refractivity contribution in [1.82, 2.24) is 10.7 Å². The third kappa shape index (κ3) is 7.06. The topological polar surface area (TPSA) is 122 Å². The molecular weight excluding hydrogens is 424 g/mol. The van der Waals surface area contributed by atoms with Crippen LogP contribution in [0.15, 0.2) is 70.4 Å². The van der Waals surface area contributed by atoms with Crippen molar-refractivity contribution in [3.8, 4) is 5.75 Å². The summed E-state index contributed by atoms with van der Waals surface area (Å²) in [7, 11) is 0. The Kier molecular flexibility index (Phi) is 7.96. The molecule has 2 aromatic carbocycles. The maximum absolute atomic E-state index is 12.2. The van der Waals surface area contributed by atoms with Crippen LogP contribution >= 0.6 is 0 Å². The molecule has 0 unspecified atom stereocenters. The summed E-state index contributed by atoms with van der Waals surface area (Å²) in [4.78, 5) is 35.7. The molecule has 9 nitrogen and oxygen atoms in total. The number of hydrogen-bond donors (Lipinski definition) is 3. The summed E-state index contributed by atoms with van der Waals surface area (Å²) in [5, 5.41) is 9.04. The van der Waals surface area contributed by atoms with Gasteiger partial charge < -0.3 is 19.8 Å². The summed E-state index contributed by atoms with van der Waals surface area (Å²) >= 11 is 0. The zero-order valence-corrected chi connectivity index (χ0v) is 18.3. The highest BCUT2D eigenvalue weighted by molar-refractivity contribution is 6.35. The number of para-hydroxylation sites is 1. The number of nitrogens with zero attached hydrogens (tertiary/aromatic N) is 1. The number of hydrazone groups is 1. The molecule has 3 rings (SSSR count). The molecule has 33 heavy (non-hydrogen) atoms. The average Bonchev–Trinajstić information content (AvgIpc) is 3.33. The maximum Gasteiger partial charge on any atom is 0.329 e. The fraction of sp³-hybridized carbons (Fsp3) is 0.167. The zero-order chi connectivity index (χ0) is 23.6. The van der Waals surface area contributed by atoms with E-state index in [4.69, 9.17) is 9.15 Å². The van der Waals surface area contributed by atoms with Gasteiger partial charge in [0, 0.05) is 5.69 Å². The van der Waals surface area contributed by atoms with E-state index in [9.17, 15) is 14.4 Å². The molecule has 0 spiro atoms. The van der Waals surface area contributed by atoms with Gasteiger partial charge >= 0.3 is 11.8 Å². The first kappa shape index (κ1) is 23.3. The minimum atomic E-state index is -0.896. The summed E-state index contributed by atoms with van der Waals surface area (Å²) in [5.74, 6) is -0.944. The van der Waals surface area contributed by atoms with Crippen molar-refractivity contribution >= 4 is 29.6 Å². The molecule has 1 aromatic heterocycles. The van der Waals surface area contributed by atoms with Gasteiger partial charge in [-0.1, -0.05) is 18.2 Å².